The van der Waals surface area contributed by atoms with Crippen LogP contribution >= 0.6 is 0 Å². The van der Waals surface area contributed by atoms with Crippen LogP contribution in [0, 0.1) is 0 Å². The van der Waals surface area contributed by atoms with E-state index in [0.717, 1.165) is 30.5 Å². The third-order valence-corrected chi connectivity index (χ3v) is 4.13. The van der Waals surface area contributed by atoms with Crippen molar-refractivity contribution in [1.82, 2.24) is 10.4 Å². The van der Waals surface area contributed by atoms with Gasteiger partial charge in [0, 0.05) is 11.8 Å². The van der Waals surface area contributed by atoms with Gasteiger partial charge in [-0.15, -0.1) is 0 Å². The van der Waals surface area contributed by atoms with E-state index >= 15 is 0 Å². The molecule has 0 bridgehead atoms. The molecule has 3 N–H and O–H groups in total. The van der Waals surface area contributed by atoms with E-state index in [1.807, 2.05) is 5.43 Å². The molecule has 2 aromatic carbocycles. The molecule has 12 heteroatoms. The van der Waals surface area contributed by atoms with Crippen molar-refractivity contribution in [3.63, 3.8) is 0 Å². The van der Waals surface area contributed by atoms with E-state index in [9.17, 15) is 36.2 Å². The molecule has 0 aliphatic carbocycles. The van der Waals surface area contributed by atoms with Gasteiger partial charge in [0.15, 0.2) is 0 Å². The molecule has 3 rings (SSSR count). The maximum absolute atomic E-state index is 13.1. The van der Waals surface area contributed by atoms with Crippen LogP contribution < -0.4 is 10.7 Å². The molecule has 172 valence electrons. The predicted molar refractivity (Wildman–Crippen MR) is 107 cm³/mol. The van der Waals surface area contributed by atoms with E-state index in [4.69, 9.17) is 0 Å². The van der Waals surface area contributed by atoms with Crippen LogP contribution in [0.5, 0.6) is 5.75 Å². The van der Waals surface area contributed by atoms with Gasteiger partial charge in [0.25, 0.3) is 5.91 Å². The Kier molecular flexibility index (Phi) is 6.56. The van der Waals surface area contributed by atoms with E-state index < -0.39 is 35.3 Å². The number of aromatic nitrogens is 1. The Balaban J connectivity index is 1.85. The molecule has 0 unspecified atom stereocenters. The summed E-state index contributed by atoms with van der Waals surface area (Å²) < 4.78 is 77.6. The van der Waals surface area contributed by atoms with Crippen molar-refractivity contribution in [2.45, 2.75) is 12.4 Å². The highest BCUT2D eigenvalue weighted by molar-refractivity contribution is 5.99. The van der Waals surface area contributed by atoms with E-state index in [2.05, 4.69) is 15.4 Å². The Bertz CT molecular complexity index is 1190. The first-order valence-electron chi connectivity index (χ1n) is 9.08. The largest absolute Gasteiger partial charge is 0.508 e. The highest BCUT2D eigenvalue weighted by Gasteiger charge is 2.33. The average Bonchev–Trinajstić information content (AvgIpc) is 2.72. The number of anilines is 2. The van der Waals surface area contributed by atoms with E-state index in [1.54, 1.807) is 0 Å². The van der Waals surface area contributed by atoms with Gasteiger partial charge in [-0.2, -0.15) is 31.4 Å². The van der Waals surface area contributed by atoms with Gasteiger partial charge in [-0.1, -0.05) is 18.2 Å². The summed E-state index contributed by atoms with van der Waals surface area (Å²) in [5.41, 5.74) is -0.278. The number of phenolic OH excluding ortho intramolecular Hbond substituents is 1. The fourth-order valence-corrected chi connectivity index (χ4v) is 2.64. The number of nitrogens with zero attached hydrogens (tertiary/aromatic N) is 2. The smallest absolute Gasteiger partial charge is 0.433 e. The van der Waals surface area contributed by atoms with Crippen LogP contribution in [0.15, 0.2) is 65.8 Å². The standard InChI is InChI=1S/C21H14F6N4O2/c22-20(23,24)13-4-1-3-12(9-13)11-28-31-19(33)16-7-8-17(21(25,26)27)30-18(16)29-14-5-2-6-15(32)10-14/h1-11,32H,(H,29,30)(H,31,33)/b28-11+. The SMILES string of the molecule is O=C(N/N=C/c1cccc(C(F)(F)F)c1)c1ccc(C(F)(F)F)nc1Nc1cccc(O)c1. The number of pyridine rings is 1. The zero-order chi connectivity index (χ0) is 24.2. The van der Waals surface area contributed by atoms with Gasteiger partial charge in [0.05, 0.1) is 17.3 Å². The van der Waals surface area contributed by atoms with Crippen LogP contribution in [0.4, 0.5) is 37.8 Å². The summed E-state index contributed by atoms with van der Waals surface area (Å²) in [4.78, 5) is 15.9. The summed E-state index contributed by atoms with van der Waals surface area (Å²) in [6.07, 6.45) is -8.40. The van der Waals surface area contributed by atoms with Crippen molar-refractivity contribution in [2.24, 2.45) is 5.10 Å². The van der Waals surface area contributed by atoms with Crippen molar-refractivity contribution in [1.29, 1.82) is 0 Å². The second kappa shape index (κ2) is 9.18. The Morgan fingerprint density at radius 1 is 0.939 bits per heavy atom. The summed E-state index contributed by atoms with van der Waals surface area (Å²) in [5, 5.41) is 15.6. The number of benzene rings is 2. The van der Waals surface area contributed by atoms with Gasteiger partial charge < -0.3 is 10.4 Å². The number of alkyl halides is 6. The molecule has 0 aliphatic rings. The third-order valence-electron chi connectivity index (χ3n) is 4.13. The predicted octanol–water partition coefficient (Wildman–Crippen LogP) is 5.33. The van der Waals surface area contributed by atoms with Crippen LogP contribution in [0.25, 0.3) is 0 Å². The minimum Gasteiger partial charge on any atom is -0.508 e. The molecule has 0 saturated heterocycles. The average molecular weight is 468 g/mol. The van der Waals surface area contributed by atoms with Crippen LogP contribution in [-0.2, 0) is 12.4 Å². The number of carbonyl (C=O) groups excluding carboxylic acids is 1. The van der Waals surface area contributed by atoms with Crippen molar-refractivity contribution in [3.8, 4) is 5.75 Å². The molecule has 0 aliphatic heterocycles. The van der Waals surface area contributed by atoms with Gasteiger partial charge in [-0.05, 0) is 42.0 Å². The van der Waals surface area contributed by atoms with E-state index in [0.29, 0.717) is 6.07 Å². The number of nitrogens with one attached hydrogen (secondary N) is 2. The monoisotopic (exact) mass is 468 g/mol. The number of aromatic hydroxyl groups is 1. The minimum absolute atomic E-state index is 0.0359. The Morgan fingerprint density at radius 2 is 1.67 bits per heavy atom. The lowest BCUT2D eigenvalue weighted by molar-refractivity contribution is -0.141. The lowest BCUT2D eigenvalue weighted by Gasteiger charge is -2.13. The number of hydrogen-bond donors (Lipinski definition) is 3. The number of halogens is 6. The first-order chi connectivity index (χ1) is 15.4. The Morgan fingerprint density at radius 3 is 2.33 bits per heavy atom. The molecule has 3 aromatic rings. The lowest BCUT2D eigenvalue weighted by Crippen LogP contribution is -2.21. The number of phenols is 1. The highest BCUT2D eigenvalue weighted by atomic mass is 19.4. The number of amides is 1. The second-order valence-corrected chi connectivity index (χ2v) is 6.59. The molecule has 6 nitrogen and oxygen atoms in total. The topological polar surface area (TPSA) is 86.6 Å². The van der Waals surface area contributed by atoms with Crippen molar-refractivity contribution in [3.05, 3.63) is 83.0 Å². The number of hydrogen-bond acceptors (Lipinski definition) is 5. The fourth-order valence-electron chi connectivity index (χ4n) is 2.64. The summed E-state index contributed by atoms with van der Waals surface area (Å²) in [6, 6.07) is 11.0. The molecule has 0 saturated carbocycles. The van der Waals surface area contributed by atoms with Crippen LogP contribution in [0.1, 0.15) is 27.2 Å². The molecule has 1 amide bonds. The zero-order valence-corrected chi connectivity index (χ0v) is 16.4. The van der Waals surface area contributed by atoms with Gasteiger partial charge in [0.2, 0.25) is 0 Å². The van der Waals surface area contributed by atoms with Crippen molar-refractivity contribution < 1.29 is 36.2 Å². The van der Waals surface area contributed by atoms with Crippen molar-refractivity contribution in [2.75, 3.05) is 5.32 Å². The summed E-state index contributed by atoms with van der Waals surface area (Å²) >= 11 is 0. The maximum atomic E-state index is 13.1. The number of hydrazone groups is 1. The summed E-state index contributed by atoms with van der Waals surface area (Å²) in [7, 11) is 0. The molecule has 33 heavy (non-hydrogen) atoms. The normalized spacial score (nSPS) is 12.1. The Hall–Kier alpha value is -4.09. The lowest BCUT2D eigenvalue weighted by atomic mass is 10.1. The number of carbonyl (C=O) groups is 1. The van der Waals surface area contributed by atoms with Crippen LogP contribution in [0.2, 0.25) is 0 Å². The highest BCUT2D eigenvalue weighted by Crippen LogP contribution is 2.31. The van der Waals surface area contributed by atoms with Crippen LogP contribution in [-0.4, -0.2) is 22.2 Å². The second-order valence-electron chi connectivity index (χ2n) is 6.59. The summed E-state index contributed by atoms with van der Waals surface area (Å²) in [5.74, 6) is -1.62. The molecule has 0 fully saturated rings. The fraction of sp³-hybridized carbons (Fsp3) is 0.0952. The molecule has 0 spiro atoms. The number of rotatable bonds is 5. The third kappa shape index (κ3) is 6.21. The van der Waals surface area contributed by atoms with Gasteiger partial charge in [-0.3, -0.25) is 4.79 Å². The minimum atomic E-state index is -4.79. The maximum Gasteiger partial charge on any atom is 0.433 e. The van der Waals surface area contributed by atoms with Gasteiger partial charge in [-0.25, -0.2) is 10.4 Å². The molecule has 0 atom stereocenters. The molecule has 1 aromatic heterocycles. The zero-order valence-electron chi connectivity index (χ0n) is 16.4. The first-order valence-corrected chi connectivity index (χ1v) is 9.08. The molecular weight excluding hydrogens is 454 g/mol. The molecular formula is C21H14F6N4O2. The Labute approximate surface area is 182 Å². The first kappa shape index (κ1) is 23.6. The van der Waals surface area contributed by atoms with E-state index in [1.165, 1.54) is 30.3 Å². The molecule has 1 heterocycles. The summed E-state index contributed by atoms with van der Waals surface area (Å²) in [6.45, 7) is 0. The van der Waals surface area contributed by atoms with Crippen molar-refractivity contribution >= 4 is 23.6 Å². The van der Waals surface area contributed by atoms with E-state index in [-0.39, 0.29) is 22.6 Å². The van der Waals surface area contributed by atoms with Gasteiger partial charge >= 0.3 is 12.4 Å². The van der Waals surface area contributed by atoms with Crippen LogP contribution in [0.3, 0.4) is 0 Å². The quantitative estimate of drug-likeness (QED) is 0.268. The van der Waals surface area contributed by atoms with Gasteiger partial charge in [0.1, 0.15) is 17.3 Å². The molecule has 0 radical (unpaired) electrons.